The van der Waals surface area contributed by atoms with Crippen LogP contribution in [-0.4, -0.2) is 48.0 Å². The fourth-order valence-electron chi connectivity index (χ4n) is 4.74. The minimum atomic E-state index is -2.48. The number of carbonyl (C=O) groups excluding carboxylic acids is 1. The minimum absolute atomic E-state index is 0.0393. The third kappa shape index (κ3) is 6.97. The maximum absolute atomic E-state index is 12.4. The van der Waals surface area contributed by atoms with Crippen LogP contribution >= 0.6 is 11.3 Å². The maximum Gasteiger partial charge on any atom is 0.273 e. The first-order chi connectivity index (χ1) is 16.5. The Hall–Kier alpha value is -2.57. The van der Waals surface area contributed by atoms with E-state index in [1.54, 1.807) is 12.1 Å². The largest absolute Gasteiger partial charge is 0.464 e. The van der Waals surface area contributed by atoms with E-state index < -0.39 is 13.0 Å². The lowest BCUT2D eigenvalue weighted by atomic mass is 9.84. The van der Waals surface area contributed by atoms with Crippen LogP contribution in [-0.2, 0) is 24.2 Å². The fraction of sp³-hybridized carbons (Fsp3) is 0.560. The zero-order valence-electron chi connectivity index (χ0n) is 19.1. The Kier molecular flexibility index (Phi) is 8.46. The number of fused-ring (bicyclic) bond motifs is 1. The standard InChI is InChI=1S/C25H30F2N4O2S/c26-23(27)16-33-25-30-21-15-31(12-10-22(21)34-25)11-9-17-5-7-20(8-6-17)29-24(32)13-18-1-3-19(14-28)4-2-18/h1-4,17,20,23H,5-13,15-16H2,(H,29,32). The van der Waals surface area contributed by atoms with Crippen molar-refractivity contribution >= 4 is 17.2 Å². The van der Waals surface area contributed by atoms with Gasteiger partial charge in [-0.25, -0.2) is 13.8 Å². The van der Waals surface area contributed by atoms with Crippen molar-refractivity contribution in [2.75, 3.05) is 19.7 Å². The molecule has 1 aliphatic carbocycles. The number of ether oxygens (including phenoxy) is 1. The van der Waals surface area contributed by atoms with Crippen LogP contribution in [0.15, 0.2) is 24.3 Å². The molecule has 1 aliphatic heterocycles. The molecule has 1 fully saturated rings. The molecule has 6 nitrogen and oxygen atoms in total. The van der Waals surface area contributed by atoms with Crippen LogP contribution in [0, 0.1) is 17.2 Å². The molecule has 4 rings (SSSR count). The van der Waals surface area contributed by atoms with E-state index in [9.17, 15) is 13.6 Å². The highest BCUT2D eigenvalue weighted by molar-refractivity contribution is 7.13. The number of amides is 1. The Labute approximate surface area is 202 Å². The summed E-state index contributed by atoms with van der Waals surface area (Å²) in [6.07, 6.45) is 4.11. The summed E-state index contributed by atoms with van der Waals surface area (Å²) in [6.45, 7) is 2.12. The van der Waals surface area contributed by atoms with Gasteiger partial charge in [0, 0.05) is 24.0 Å². The average Bonchev–Trinajstić information content (AvgIpc) is 3.25. The Morgan fingerprint density at radius 2 is 2.03 bits per heavy atom. The van der Waals surface area contributed by atoms with Crippen molar-refractivity contribution in [3.8, 4) is 11.3 Å². The maximum atomic E-state index is 12.4. The van der Waals surface area contributed by atoms with Gasteiger partial charge in [-0.3, -0.25) is 9.69 Å². The topological polar surface area (TPSA) is 78.2 Å². The van der Waals surface area contributed by atoms with E-state index >= 15 is 0 Å². The van der Waals surface area contributed by atoms with E-state index in [0.29, 0.717) is 23.1 Å². The Bertz CT molecular complexity index is 997. The molecular formula is C25H30F2N4O2S. The summed E-state index contributed by atoms with van der Waals surface area (Å²) in [5, 5.41) is 12.4. The van der Waals surface area contributed by atoms with Gasteiger partial charge in [0.25, 0.3) is 11.6 Å². The number of hydrogen-bond donors (Lipinski definition) is 1. The molecule has 1 N–H and O–H groups in total. The smallest absolute Gasteiger partial charge is 0.273 e. The van der Waals surface area contributed by atoms with E-state index in [4.69, 9.17) is 10.00 Å². The molecule has 0 radical (unpaired) electrons. The van der Waals surface area contributed by atoms with Crippen molar-refractivity contribution in [3.63, 3.8) is 0 Å². The van der Waals surface area contributed by atoms with Gasteiger partial charge in [-0.1, -0.05) is 23.5 Å². The molecule has 1 amide bonds. The number of alkyl halides is 2. The molecule has 182 valence electrons. The van der Waals surface area contributed by atoms with Crippen LogP contribution < -0.4 is 10.1 Å². The highest BCUT2D eigenvalue weighted by atomic mass is 32.1. The van der Waals surface area contributed by atoms with E-state index in [0.717, 1.165) is 74.3 Å². The van der Waals surface area contributed by atoms with Crippen LogP contribution in [0.25, 0.3) is 0 Å². The van der Waals surface area contributed by atoms with Gasteiger partial charge in [0.1, 0.15) is 0 Å². The molecule has 1 saturated carbocycles. The summed E-state index contributed by atoms with van der Waals surface area (Å²) in [7, 11) is 0. The highest BCUT2D eigenvalue weighted by Crippen LogP contribution is 2.31. The summed E-state index contributed by atoms with van der Waals surface area (Å²) < 4.78 is 29.8. The van der Waals surface area contributed by atoms with Crippen molar-refractivity contribution in [3.05, 3.63) is 46.0 Å². The van der Waals surface area contributed by atoms with Crippen LogP contribution in [0.4, 0.5) is 8.78 Å². The lowest BCUT2D eigenvalue weighted by Crippen LogP contribution is -2.39. The minimum Gasteiger partial charge on any atom is -0.464 e. The van der Waals surface area contributed by atoms with Gasteiger partial charge in [0.15, 0.2) is 6.61 Å². The summed E-state index contributed by atoms with van der Waals surface area (Å²) >= 11 is 1.39. The number of hydrogen-bond acceptors (Lipinski definition) is 6. The first-order valence-electron chi connectivity index (χ1n) is 11.9. The van der Waals surface area contributed by atoms with Gasteiger partial charge in [0.2, 0.25) is 5.91 Å². The third-order valence-corrected chi connectivity index (χ3v) is 7.70. The summed E-state index contributed by atoms with van der Waals surface area (Å²) in [5.41, 5.74) is 2.49. The number of halogens is 2. The fourth-order valence-corrected chi connectivity index (χ4v) is 5.65. The van der Waals surface area contributed by atoms with Crippen molar-refractivity contribution < 1.29 is 18.3 Å². The molecule has 2 aromatic rings. The number of nitriles is 1. The molecule has 2 heterocycles. The SMILES string of the molecule is N#Cc1ccc(CC(=O)NC2CCC(CCN3CCc4sc(OCC(F)F)nc4C3)CC2)cc1. The second-order valence-electron chi connectivity index (χ2n) is 9.14. The van der Waals surface area contributed by atoms with Crippen LogP contribution in [0.2, 0.25) is 0 Å². The van der Waals surface area contributed by atoms with Crippen molar-refractivity contribution in [1.82, 2.24) is 15.2 Å². The molecule has 2 aliphatic rings. The predicted molar refractivity (Wildman–Crippen MR) is 126 cm³/mol. The zero-order chi connectivity index (χ0) is 23.9. The Morgan fingerprint density at radius 1 is 1.26 bits per heavy atom. The number of nitrogens with one attached hydrogen (secondary N) is 1. The zero-order valence-corrected chi connectivity index (χ0v) is 20.0. The number of nitrogens with zero attached hydrogens (tertiary/aromatic N) is 3. The molecule has 34 heavy (non-hydrogen) atoms. The molecular weight excluding hydrogens is 458 g/mol. The van der Waals surface area contributed by atoms with Gasteiger partial charge < -0.3 is 10.1 Å². The lowest BCUT2D eigenvalue weighted by molar-refractivity contribution is -0.121. The lowest BCUT2D eigenvalue weighted by Gasteiger charge is -2.32. The molecule has 9 heteroatoms. The molecule has 0 saturated heterocycles. The highest BCUT2D eigenvalue weighted by Gasteiger charge is 2.25. The van der Waals surface area contributed by atoms with E-state index in [-0.39, 0.29) is 11.9 Å². The normalized spacial score (nSPS) is 20.5. The van der Waals surface area contributed by atoms with Crippen molar-refractivity contribution in [2.24, 2.45) is 5.92 Å². The van der Waals surface area contributed by atoms with Crippen LogP contribution in [0.1, 0.15) is 53.8 Å². The Balaban J connectivity index is 1.14. The molecule has 0 bridgehead atoms. The summed E-state index contributed by atoms with van der Waals surface area (Å²) in [4.78, 5) is 20.3. The number of thiazole rings is 1. The predicted octanol–water partition coefficient (Wildman–Crippen LogP) is 4.32. The van der Waals surface area contributed by atoms with Gasteiger partial charge >= 0.3 is 0 Å². The molecule has 0 spiro atoms. The number of rotatable bonds is 9. The molecule has 0 unspecified atom stereocenters. The van der Waals surface area contributed by atoms with E-state index in [1.165, 1.54) is 11.3 Å². The first-order valence-corrected chi connectivity index (χ1v) is 12.7. The third-order valence-electron chi connectivity index (χ3n) is 6.63. The number of benzene rings is 1. The quantitative estimate of drug-likeness (QED) is 0.569. The van der Waals surface area contributed by atoms with E-state index in [1.807, 2.05) is 12.1 Å². The second kappa shape index (κ2) is 11.7. The van der Waals surface area contributed by atoms with Crippen LogP contribution in [0.3, 0.4) is 0 Å². The van der Waals surface area contributed by atoms with Gasteiger partial charge in [-0.2, -0.15) is 5.26 Å². The molecule has 1 aromatic carbocycles. The van der Waals surface area contributed by atoms with Crippen molar-refractivity contribution in [1.29, 1.82) is 5.26 Å². The summed E-state index contributed by atoms with van der Waals surface area (Å²) in [6, 6.07) is 9.48. The van der Waals surface area contributed by atoms with Gasteiger partial charge in [-0.05, 0) is 68.7 Å². The van der Waals surface area contributed by atoms with Gasteiger partial charge in [0.05, 0.1) is 23.7 Å². The summed E-state index contributed by atoms with van der Waals surface area (Å²) in [5.74, 6) is 0.700. The number of carbonyl (C=O) groups is 1. The van der Waals surface area contributed by atoms with Crippen LogP contribution in [0.5, 0.6) is 5.19 Å². The molecule has 0 atom stereocenters. The Morgan fingerprint density at radius 3 is 2.74 bits per heavy atom. The number of aromatic nitrogens is 1. The van der Waals surface area contributed by atoms with Gasteiger partial charge in [-0.15, -0.1) is 0 Å². The van der Waals surface area contributed by atoms with E-state index in [2.05, 4.69) is 21.3 Å². The molecule has 1 aromatic heterocycles. The first kappa shape index (κ1) is 24.6. The monoisotopic (exact) mass is 488 g/mol. The van der Waals surface area contributed by atoms with Crippen molar-refractivity contribution in [2.45, 2.75) is 64.0 Å². The second-order valence-corrected chi connectivity index (χ2v) is 10.2. The average molecular weight is 489 g/mol.